The van der Waals surface area contributed by atoms with Crippen molar-refractivity contribution in [1.29, 1.82) is 0 Å². The first-order valence-corrected chi connectivity index (χ1v) is 8.82. The van der Waals surface area contributed by atoms with Gasteiger partial charge in [0, 0.05) is 38.2 Å². The summed E-state index contributed by atoms with van der Waals surface area (Å²) in [6.45, 7) is 3.87. The molecule has 4 atom stereocenters. The number of nitrogens with zero attached hydrogens (tertiary/aromatic N) is 4. The Morgan fingerprint density at radius 2 is 2.00 bits per heavy atom. The van der Waals surface area contributed by atoms with Crippen LogP contribution >= 0.6 is 0 Å². The highest BCUT2D eigenvalue weighted by Crippen LogP contribution is 2.54. The van der Waals surface area contributed by atoms with Crippen molar-refractivity contribution in [3.63, 3.8) is 0 Å². The van der Waals surface area contributed by atoms with Crippen molar-refractivity contribution in [2.24, 2.45) is 17.8 Å². The fourth-order valence-corrected chi connectivity index (χ4v) is 4.09. The number of ether oxygens (including phenoxy) is 1. The molecule has 3 aliphatic rings. The molecule has 0 aromatic carbocycles. The molecule has 6 nitrogen and oxygen atoms in total. The second-order valence-electron chi connectivity index (χ2n) is 7.42. The van der Waals surface area contributed by atoms with Gasteiger partial charge in [-0.15, -0.1) is 0 Å². The molecule has 2 aliphatic heterocycles. The van der Waals surface area contributed by atoms with Crippen molar-refractivity contribution in [2.45, 2.75) is 32.0 Å². The average Bonchev–Trinajstić information content (AvgIpc) is 3.02. The van der Waals surface area contributed by atoms with Crippen LogP contribution in [0.3, 0.4) is 0 Å². The number of hydrogen-bond donors (Lipinski definition) is 0. The maximum absolute atomic E-state index is 13.3. The van der Waals surface area contributed by atoms with Crippen LogP contribution in [0.2, 0.25) is 0 Å². The Kier molecular flexibility index (Phi) is 4.00. The van der Waals surface area contributed by atoms with Crippen LogP contribution in [0.15, 0.2) is 6.07 Å². The quantitative estimate of drug-likeness (QED) is 0.759. The summed E-state index contributed by atoms with van der Waals surface area (Å²) in [6, 6.07) is 1.19. The van der Waals surface area contributed by atoms with Gasteiger partial charge in [-0.2, -0.15) is 18.2 Å². The zero-order valence-electron chi connectivity index (χ0n) is 14.7. The van der Waals surface area contributed by atoms with Gasteiger partial charge >= 0.3 is 12.1 Å². The number of esters is 1. The molecule has 0 radical (unpaired) electrons. The monoisotopic (exact) mass is 370 g/mol. The molecule has 4 rings (SSSR count). The van der Waals surface area contributed by atoms with Gasteiger partial charge in [-0.25, -0.2) is 4.98 Å². The summed E-state index contributed by atoms with van der Waals surface area (Å²) in [5.74, 6) is 1.17. The van der Waals surface area contributed by atoms with E-state index in [2.05, 4.69) is 9.97 Å². The topological polar surface area (TPSA) is 58.6 Å². The highest BCUT2D eigenvalue weighted by Gasteiger charge is 2.56. The second kappa shape index (κ2) is 5.99. The maximum Gasteiger partial charge on any atom is 0.433 e. The number of fused-ring (bicyclic) bond motifs is 1. The average molecular weight is 370 g/mol. The minimum atomic E-state index is -4.50. The molecular weight excluding hydrogens is 349 g/mol. The smallest absolute Gasteiger partial charge is 0.433 e. The van der Waals surface area contributed by atoms with Crippen LogP contribution in [0.4, 0.5) is 24.9 Å². The summed E-state index contributed by atoms with van der Waals surface area (Å²) < 4.78 is 44.5. The molecule has 26 heavy (non-hydrogen) atoms. The first kappa shape index (κ1) is 17.4. The molecule has 1 aromatic rings. The molecule has 9 heteroatoms. The highest BCUT2D eigenvalue weighted by molar-refractivity contribution is 5.70. The molecule has 3 heterocycles. The van der Waals surface area contributed by atoms with Crippen LogP contribution in [0.1, 0.15) is 25.5 Å². The standard InChI is InChI=1S/C17H21F3N4O2/c1-9-3-4-24(9)16-21-13(17(18,19)20)6-14(22-16)23-7-11-10(12(11)8-23)5-15(25)26-2/h6,9-12H,3-5,7-8H2,1-2H3/t9-,10?,11-,12+/m0/s1. The number of alkyl halides is 3. The zero-order valence-corrected chi connectivity index (χ0v) is 14.7. The van der Waals surface area contributed by atoms with Gasteiger partial charge in [0.15, 0.2) is 5.69 Å². The zero-order chi connectivity index (χ0) is 18.6. The normalized spacial score (nSPS) is 30.0. The van der Waals surface area contributed by atoms with E-state index in [4.69, 9.17) is 4.74 Å². The summed E-state index contributed by atoms with van der Waals surface area (Å²) >= 11 is 0. The molecule has 1 aliphatic carbocycles. The number of piperidine rings is 1. The number of anilines is 2. The van der Waals surface area contributed by atoms with E-state index < -0.39 is 11.9 Å². The maximum atomic E-state index is 13.3. The Morgan fingerprint density at radius 1 is 1.31 bits per heavy atom. The summed E-state index contributed by atoms with van der Waals surface area (Å²) in [4.78, 5) is 23.2. The number of aromatic nitrogens is 2. The Labute approximate surface area is 149 Å². The van der Waals surface area contributed by atoms with Crippen LogP contribution in [0.25, 0.3) is 0 Å². The molecule has 1 unspecified atom stereocenters. The van der Waals surface area contributed by atoms with E-state index in [-0.39, 0.29) is 23.9 Å². The van der Waals surface area contributed by atoms with E-state index in [0.717, 1.165) is 12.5 Å². The Morgan fingerprint density at radius 3 is 2.50 bits per heavy atom. The number of methoxy groups -OCH3 is 1. The lowest BCUT2D eigenvalue weighted by Crippen LogP contribution is -2.47. The predicted octanol–water partition coefficient (Wildman–Crippen LogP) is 2.34. The Bertz CT molecular complexity index is 714. The molecule has 142 valence electrons. The molecule has 0 amide bonds. The van der Waals surface area contributed by atoms with Crippen LogP contribution in [0.5, 0.6) is 0 Å². The minimum absolute atomic E-state index is 0.153. The van der Waals surface area contributed by atoms with E-state index in [1.54, 1.807) is 4.90 Å². The van der Waals surface area contributed by atoms with Crippen molar-refractivity contribution in [2.75, 3.05) is 36.5 Å². The largest absolute Gasteiger partial charge is 0.469 e. The summed E-state index contributed by atoms with van der Waals surface area (Å²) in [6.07, 6.45) is -3.19. The van der Waals surface area contributed by atoms with E-state index in [0.29, 0.717) is 43.7 Å². The van der Waals surface area contributed by atoms with Gasteiger partial charge in [-0.3, -0.25) is 4.79 Å². The first-order chi connectivity index (χ1) is 12.3. The van der Waals surface area contributed by atoms with Crippen LogP contribution in [-0.4, -0.2) is 48.7 Å². The molecule has 0 bridgehead atoms. The van der Waals surface area contributed by atoms with Crippen molar-refractivity contribution >= 4 is 17.7 Å². The number of carbonyl (C=O) groups is 1. The number of rotatable bonds is 4. The summed E-state index contributed by atoms with van der Waals surface area (Å²) in [7, 11) is 1.37. The summed E-state index contributed by atoms with van der Waals surface area (Å²) in [5, 5.41) is 0. The molecule has 3 fully saturated rings. The van der Waals surface area contributed by atoms with Crippen molar-refractivity contribution < 1.29 is 22.7 Å². The van der Waals surface area contributed by atoms with Crippen LogP contribution in [-0.2, 0) is 15.7 Å². The minimum Gasteiger partial charge on any atom is -0.469 e. The molecule has 2 saturated heterocycles. The van der Waals surface area contributed by atoms with Crippen LogP contribution < -0.4 is 9.80 Å². The molecule has 0 spiro atoms. The number of carbonyl (C=O) groups excluding carboxylic acids is 1. The van der Waals surface area contributed by atoms with E-state index in [1.165, 1.54) is 7.11 Å². The lowest BCUT2D eigenvalue weighted by Gasteiger charge is -2.39. The summed E-state index contributed by atoms with van der Waals surface area (Å²) in [5.41, 5.74) is -0.900. The van der Waals surface area contributed by atoms with E-state index in [1.807, 2.05) is 11.8 Å². The fourth-order valence-electron chi connectivity index (χ4n) is 4.09. The van der Waals surface area contributed by atoms with Gasteiger partial charge in [0.2, 0.25) is 5.95 Å². The van der Waals surface area contributed by atoms with Gasteiger partial charge in [-0.05, 0) is 31.1 Å². The first-order valence-electron chi connectivity index (χ1n) is 8.82. The fraction of sp³-hybridized carbons (Fsp3) is 0.706. The van der Waals surface area contributed by atoms with Gasteiger partial charge < -0.3 is 14.5 Å². The third kappa shape index (κ3) is 2.97. The third-order valence-electron chi connectivity index (χ3n) is 5.89. The van der Waals surface area contributed by atoms with E-state index in [9.17, 15) is 18.0 Å². The van der Waals surface area contributed by atoms with Gasteiger partial charge in [0.05, 0.1) is 7.11 Å². The van der Waals surface area contributed by atoms with Gasteiger partial charge in [-0.1, -0.05) is 0 Å². The number of halogens is 3. The van der Waals surface area contributed by atoms with Gasteiger partial charge in [0.25, 0.3) is 0 Å². The molecule has 1 aromatic heterocycles. The predicted molar refractivity (Wildman–Crippen MR) is 87.8 cm³/mol. The number of hydrogen-bond acceptors (Lipinski definition) is 6. The van der Waals surface area contributed by atoms with Gasteiger partial charge in [0.1, 0.15) is 5.82 Å². The van der Waals surface area contributed by atoms with E-state index >= 15 is 0 Å². The second-order valence-corrected chi connectivity index (χ2v) is 7.42. The lowest BCUT2D eigenvalue weighted by molar-refractivity contribution is -0.142. The lowest BCUT2D eigenvalue weighted by atomic mass is 10.1. The van der Waals surface area contributed by atoms with Crippen LogP contribution in [0, 0.1) is 17.8 Å². The molecule has 0 N–H and O–H groups in total. The Hall–Kier alpha value is -2.06. The van der Waals surface area contributed by atoms with Crippen molar-refractivity contribution in [3.05, 3.63) is 11.8 Å². The SMILES string of the molecule is COC(=O)CC1[C@H]2CN(c3cc(C(F)(F)F)nc(N4CC[C@@H]4C)n3)C[C@@H]12. The van der Waals surface area contributed by atoms with Crippen molar-refractivity contribution in [3.8, 4) is 0 Å². The third-order valence-corrected chi connectivity index (χ3v) is 5.89. The molecule has 1 saturated carbocycles. The van der Waals surface area contributed by atoms with Crippen molar-refractivity contribution in [1.82, 2.24) is 9.97 Å². The Balaban J connectivity index is 1.52. The molecular formula is C17H21F3N4O2. The highest BCUT2D eigenvalue weighted by atomic mass is 19.4.